The van der Waals surface area contributed by atoms with Crippen molar-refractivity contribution in [3.05, 3.63) is 30.9 Å². The van der Waals surface area contributed by atoms with Crippen LogP contribution in [-0.2, 0) is 4.74 Å². The lowest BCUT2D eigenvalue weighted by atomic mass is 10.5. The van der Waals surface area contributed by atoms with Crippen LogP contribution in [0.15, 0.2) is 25.2 Å². The summed E-state index contributed by atoms with van der Waals surface area (Å²) in [5.74, 6) is -1.14. The number of imidazole rings is 1. The van der Waals surface area contributed by atoms with Gasteiger partial charge in [0.2, 0.25) is 0 Å². The van der Waals surface area contributed by atoms with Crippen LogP contribution >= 0.6 is 0 Å². The second-order valence-corrected chi connectivity index (χ2v) is 3.30. The van der Waals surface area contributed by atoms with Crippen molar-refractivity contribution in [2.75, 3.05) is 11.9 Å². The van der Waals surface area contributed by atoms with E-state index in [0.717, 1.165) is 17.0 Å². The largest absolute Gasteiger partial charge is 0.476 e. The van der Waals surface area contributed by atoms with Crippen LogP contribution in [-0.4, -0.2) is 43.4 Å². The van der Waals surface area contributed by atoms with E-state index in [1.807, 2.05) is 0 Å². The van der Waals surface area contributed by atoms with E-state index >= 15 is 0 Å². The zero-order valence-electron chi connectivity index (χ0n) is 9.61. The molecule has 0 unspecified atom stereocenters. The van der Waals surface area contributed by atoms with Gasteiger partial charge in [-0.05, 0) is 0 Å². The lowest BCUT2D eigenvalue weighted by Crippen LogP contribution is -2.16. The minimum Gasteiger partial charge on any atom is -0.476 e. The van der Waals surface area contributed by atoms with E-state index in [1.54, 1.807) is 0 Å². The Balaban J connectivity index is 2.31. The maximum atomic E-state index is 11.4. The van der Waals surface area contributed by atoms with Crippen molar-refractivity contribution in [3.8, 4) is 0 Å². The Morgan fingerprint density at radius 1 is 1.53 bits per heavy atom. The number of anilines is 1. The van der Waals surface area contributed by atoms with Gasteiger partial charge in [0.25, 0.3) is 0 Å². The Kier molecular flexibility index (Phi) is 3.37. The molecule has 0 saturated heterocycles. The molecular weight excluding hydrogens is 254 g/mol. The molecule has 0 atom stereocenters. The van der Waals surface area contributed by atoms with Crippen molar-refractivity contribution in [1.82, 2.24) is 19.6 Å². The average Bonchev–Trinajstić information content (AvgIpc) is 2.81. The van der Waals surface area contributed by atoms with Gasteiger partial charge in [-0.2, -0.15) is 5.10 Å². The van der Waals surface area contributed by atoms with E-state index in [2.05, 4.69) is 27.0 Å². The summed E-state index contributed by atoms with van der Waals surface area (Å²) in [6, 6.07) is 0. The highest BCUT2D eigenvalue weighted by molar-refractivity contribution is 5.90. The number of hydrogen-bond acceptors (Lipinski definition) is 6. The number of carboxylic acid groups (broad SMARTS) is 1. The van der Waals surface area contributed by atoms with Crippen LogP contribution in [0.1, 0.15) is 10.5 Å². The van der Waals surface area contributed by atoms with E-state index in [9.17, 15) is 9.59 Å². The first-order valence-corrected chi connectivity index (χ1v) is 5.10. The zero-order chi connectivity index (χ0) is 13.8. The molecule has 2 heterocycles. The number of nitrogens with zero attached hydrogens (tertiary/aromatic N) is 4. The highest BCUT2D eigenvalue weighted by Gasteiger charge is 2.16. The smallest absolute Gasteiger partial charge is 0.413 e. The molecule has 0 aliphatic rings. The second-order valence-electron chi connectivity index (χ2n) is 3.30. The summed E-state index contributed by atoms with van der Waals surface area (Å²) >= 11 is 0. The molecule has 2 aromatic rings. The normalized spacial score (nSPS) is 10.1. The summed E-state index contributed by atoms with van der Waals surface area (Å²) in [6.45, 7) is 3.44. The van der Waals surface area contributed by atoms with Crippen LogP contribution in [0.25, 0.3) is 5.65 Å². The van der Waals surface area contributed by atoms with E-state index in [4.69, 9.17) is 9.84 Å². The van der Waals surface area contributed by atoms with Gasteiger partial charge in [-0.3, -0.25) is 5.32 Å². The van der Waals surface area contributed by atoms with Gasteiger partial charge in [0.1, 0.15) is 12.9 Å². The van der Waals surface area contributed by atoms with Crippen LogP contribution in [0.5, 0.6) is 0 Å². The molecule has 9 heteroatoms. The first kappa shape index (κ1) is 12.5. The number of carboxylic acids is 1. The minimum atomic E-state index is -1.19. The third-order valence-electron chi connectivity index (χ3n) is 2.08. The predicted molar refractivity (Wildman–Crippen MR) is 62.9 cm³/mol. The lowest BCUT2D eigenvalue weighted by Gasteiger charge is -2.04. The van der Waals surface area contributed by atoms with E-state index in [0.29, 0.717) is 0 Å². The number of rotatable bonds is 4. The van der Waals surface area contributed by atoms with Gasteiger partial charge in [0.05, 0.1) is 6.20 Å². The Labute approximate surface area is 106 Å². The van der Waals surface area contributed by atoms with E-state index in [-0.39, 0.29) is 23.8 Å². The van der Waals surface area contributed by atoms with Gasteiger partial charge in [0, 0.05) is 0 Å². The quantitative estimate of drug-likeness (QED) is 0.773. The number of carbonyl (C=O) groups is 2. The summed E-state index contributed by atoms with van der Waals surface area (Å²) in [5.41, 5.74) is -0.0321. The molecule has 0 radical (unpaired) electrons. The van der Waals surface area contributed by atoms with Crippen molar-refractivity contribution >= 4 is 23.5 Å². The highest BCUT2D eigenvalue weighted by Crippen LogP contribution is 2.12. The zero-order valence-corrected chi connectivity index (χ0v) is 9.61. The van der Waals surface area contributed by atoms with Crippen LogP contribution in [0.4, 0.5) is 10.6 Å². The summed E-state index contributed by atoms with van der Waals surface area (Å²) in [6.07, 6.45) is 2.88. The Morgan fingerprint density at radius 2 is 2.32 bits per heavy atom. The molecule has 1 amide bonds. The summed E-state index contributed by atoms with van der Waals surface area (Å²) in [4.78, 5) is 29.9. The maximum absolute atomic E-state index is 11.4. The molecule has 0 aliphatic heterocycles. The summed E-state index contributed by atoms with van der Waals surface area (Å²) < 4.78 is 5.77. The molecule has 0 spiro atoms. The number of ether oxygens (including phenoxy) is 1. The molecule has 0 aromatic carbocycles. The lowest BCUT2D eigenvalue weighted by molar-refractivity contribution is 0.0688. The minimum absolute atomic E-state index is 0.0437. The maximum Gasteiger partial charge on any atom is 0.413 e. The number of aromatic nitrogens is 4. The Hall–Kier alpha value is -2.97. The topological polar surface area (TPSA) is 119 Å². The number of amides is 1. The first-order chi connectivity index (χ1) is 9.13. The standard InChI is InChI=1S/C10H9N5O4/c1-2-3-19-10(18)14-7-8-11-4-6(9(16)17)15(8)13-5-12-7/h2,4-5H,1,3H2,(H,16,17)(H,12,13,14,18). The van der Waals surface area contributed by atoms with Crippen LogP contribution in [0.2, 0.25) is 0 Å². The fourth-order valence-electron chi connectivity index (χ4n) is 1.32. The second kappa shape index (κ2) is 5.12. The number of fused-ring (bicyclic) bond motifs is 1. The van der Waals surface area contributed by atoms with Gasteiger partial charge in [-0.25, -0.2) is 24.1 Å². The monoisotopic (exact) mass is 263 g/mol. The van der Waals surface area contributed by atoms with Crippen molar-refractivity contribution in [3.63, 3.8) is 0 Å². The molecule has 0 fully saturated rings. The molecule has 0 saturated carbocycles. The molecule has 0 aliphatic carbocycles. The van der Waals surface area contributed by atoms with Gasteiger partial charge in [-0.1, -0.05) is 12.7 Å². The Bertz CT molecular complexity index is 650. The van der Waals surface area contributed by atoms with E-state index in [1.165, 1.54) is 6.08 Å². The van der Waals surface area contributed by atoms with Crippen LogP contribution in [0.3, 0.4) is 0 Å². The van der Waals surface area contributed by atoms with Crippen molar-refractivity contribution in [2.24, 2.45) is 0 Å². The molecule has 2 N–H and O–H groups in total. The molecule has 9 nitrogen and oxygen atoms in total. The summed E-state index contributed by atoms with van der Waals surface area (Å²) in [7, 11) is 0. The van der Waals surface area contributed by atoms with Crippen LogP contribution in [0, 0.1) is 0 Å². The average molecular weight is 263 g/mol. The van der Waals surface area contributed by atoms with E-state index < -0.39 is 12.1 Å². The van der Waals surface area contributed by atoms with Gasteiger partial charge >= 0.3 is 12.1 Å². The van der Waals surface area contributed by atoms with Crippen LogP contribution < -0.4 is 5.32 Å². The predicted octanol–water partition coefficient (Wildman–Crippen LogP) is 0.557. The van der Waals surface area contributed by atoms with Gasteiger partial charge in [0.15, 0.2) is 17.2 Å². The number of nitrogens with one attached hydrogen (secondary N) is 1. The van der Waals surface area contributed by atoms with Crippen molar-refractivity contribution in [2.45, 2.75) is 0 Å². The number of hydrogen-bond donors (Lipinski definition) is 2. The van der Waals surface area contributed by atoms with Crippen molar-refractivity contribution < 1.29 is 19.4 Å². The molecule has 2 aromatic heterocycles. The number of aromatic carboxylic acids is 1. The molecule has 19 heavy (non-hydrogen) atoms. The summed E-state index contributed by atoms with van der Waals surface area (Å²) in [5, 5.41) is 15.0. The molecule has 98 valence electrons. The molecule has 0 bridgehead atoms. The first-order valence-electron chi connectivity index (χ1n) is 5.10. The fourth-order valence-corrected chi connectivity index (χ4v) is 1.32. The SMILES string of the molecule is C=CCOC(=O)Nc1ncnn2c(C(=O)O)cnc12. The van der Waals surface area contributed by atoms with Gasteiger partial charge in [-0.15, -0.1) is 0 Å². The van der Waals surface area contributed by atoms with Crippen molar-refractivity contribution in [1.29, 1.82) is 0 Å². The third kappa shape index (κ3) is 2.49. The number of carbonyl (C=O) groups excluding carboxylic acids is 1. The molecule has 2 rings (SSSR count). The third-order valence-corrected chi connectivity index (χ3v) is 2.08. The molecular formula is C10H9N5O4. The fraction of sp³-hybridized carbons (Fsp3) is 0.100. The highest BCUT2D eigenvalue weighted by atomic mass is 16.5. The Morgan fingerprint density at radius 3 is 3.00 bits per heavy atom. The van der Waals surface area contributed by atoms with Gasteiger partial charge < -0.3 is 9.84 Å².